The van der Waals surface area contributed by atoms with E-state index in [2.05, 4.69) is 12.2 Å². The second kappa shape index (κ2) is 7.82. The number of hydrogen-bond donors (Lipinski definition) is 1. The SMILES string of the molecule is CCC1CCCC(NC2CCCC(OCC(F)(F)F)C2)C1. The van der Waals surface area contributed by atoms with E-state index in [1.165, 1.54) is 32.1 Å². The van der Waals surface area contributed by atoms with Gasteiger partial charge >= 0.3 is 6.18 Å². The summed E-state index contributed by atoms with van der Waals surface area (Å²) in [5.74, 6) is 0.817. The molecule has 4 atom stereocenters. The zero-order valence-electron chi connectivity index (χ0n) is 12.9. The van der Waals surface area contributed by atoms with Gasteiger partial charge in [-0.15, -0.1) is 0 Å². The summed E-state index contributed by atoms with van der Waals surface area (Å²) in [5.41, 5.74) is 0. The maximum atomic E-state index is 12.2. The van der Waals surface area contributed by atoms with Crippen molar-refractivity contribution in [2.24, 2.45) is 5.92 Å². The Kier molecular flexibility index (Phi) is 6.35. The van der Waals surface area contributed by atoms with Gasteiger partial charge in [0.05, 0.1) is 6.10 Å². The van der Waals surface area contributed by atoms with Gasteiger partial charge in [-0.1, -0.05) is 26.2 Å². The molecule has 0 bridgehead atoms. The molecule has 4 unspecified atom stereocenters. The maximum Gasteiger partial charge on any atom is 0.411 e. The number of alkyl halides is 3. The minimum Gasteiger partial charge on any atom is -0.369 e. The molecule has 0 saturated heterocycles. The van der Waals surface area contributed by atoms with Crippen LogP contribution in [0.2, 0.25) is 0 Å². The molecule has 2 saturated carbocycles. The first-order valence-electron chi connectivity index (χ1n) is 8.40. The average molecular weight is 307 g/mol. The van der Waals surface area contributed by atoms with Crippen molar-refractivity contribution < 1.29 is 17.9 Å². The molecule has 21 heavy (non-hydrogen) atoms. The standard InChI is InChI=1S/C16H28F3NO/c1-2-12-5-3-6-13(9-12)20-14-7-4-8-15(10-14)21-11-16(17,18)19/h12-15,20H,2-11H2,1H3. The van der Waals surface area contributed by atoms with Gasteiger partial charge in [-0.25, -0.2) is 0 Å². The summed E-state index contributed by atoms with van der Waals surface area (Å²) in [6.07, 6.45) is 5.35. The summed E-state index contributed by atoms with van der Waals surface area (Å²) < 4.78 is 41.7. The maximum absolute atomic E-state index is 12.2. The van der Waals surface area contributed by atoms with Crippen LogP contribution in [0.15, 0.2) is 0 Å². The lowest BCUT2D eigenvalue weighted by molar-refractivity contribution is -0.188. The van der Waals surface area contributed by atoms with Crippen LogP contribution in [-0.2, 0) is 4.74 Å². The van der Waals surface area contributed by atoms with Crippen LogP contribution in [0, 0.1) is 5.92 Å². The van der Waals surface area contributed by atoms with Crippen LogP contribution in [0.3, 0.4) is 0 Å². The van der Waals surface area contributed by atoms with Crippen molar-refractivity contribution in [1.29, 1.82) is 0 Å². The molecule has 124 valence electrons. The second-order valence-corrected chi connectivity index (χ2v) is 6.72. The summed E-state index contributed by atoms with van der Waals surface area (Å²) in [6.45, 7) is 1.14. The van der Waals surface area contributed by atoms with E-state index in [4.69, 9.17) is 4.74 Å². The first-order chi connectivity index (χ1) is 9.96. The number of ether oxygens (including phenoxy) is 1. The highest BCUT2D eigenvalue weighted by atomic mass is 19.4. The summed E-state index contributed by atoms with van der Waals surface area (Å²) in [5, 5.41) is 3.69. The molecule has 0 radical (unpaired) electrons. The molecule has 2 rings (SSSR count). The van der Waals surface area contributed by atoms with Crippen molar-refractivity contribution in [2.45, 2.75) is 89.1 Å². The van der Waals surface area contributed by atoms with Crippen molar-refractivity contribution >= 4 is 0 Å². The monoisotopic (exact) mass is 307 g/mol. The minimum absolute atomic E-state index is 0.233. The van der Waals surface area contributed by atoms with E-state index in [-0.39, 0.29) is 6.10 Å². The zero-order chi connectivity index (χ0) is 15.3. The smallest absolute Gasteiger partial charge is 0.369 e. The molecular formula is C16H28F3NO. The van der Waals surface area contributed by atoms with Crippen LogP contribution >= 0.6 is 0 Å². The molecule has 2 nitrogen and oxygen atoms in total. The lowest BCUT2D eigenvalue weighted by Gasteiger charge is -2.36. The van der Waals surface area contributed by atoms with E-state index in [0.29, 0.717) is 12.1 Å². The Labute approximate surface area is 125 Å². The van der Waals surface area contributed by atoms with Crippen LogP contribution in [-0.4, -0.2) is 31.0 Å². The van der Waals surface area contributed by atoms with Crippen LogP contribution in [0.4, 0.5) is 13.2 Å². The lowest BCUT2D eigenvalue weighted by Crippen LogP contribution is -2.45. The quantitative estimate of drug-likeness (QED) is 0.811. The van der Waals surface area contributed by atoms with Crippen molar-refractivity contribution in [3.8, 4) is 0 Å². The van der Waals surface area contributed by atoms with E-state index >= 15 is 0 Å². The predicted octanol–water partition coefficient (Wildman–Crippen LogP) is 4.43. The van der Waals surface area contributed by atoms with Crippen molar-refractivity contribution in [2.75, 3.05) is 6.61 Å². The van der Waals surface area contributed by atoms with E-state index in [9.17, 15) is 13.2 Å². The summed E-state index contributed by atoms with van der Waals surface area (Å²) in [7, 11) is 0. The van der Waals surface area contributed by atoms with Crippen molar-refractivity contribution in [1.82, 2.24) is 5.32 Å². The second-order valence-electron chi connectivity index (χ2n) is 6.72. The predicted molar refractivity (Wildman–Crippen MR) is 77.2 cm³/mol. The van der Waals surface area contributed by atoms with Crippen LogP contribution in [0.5, 0.6) is 0 Å². The normalized spacial score (nSPS) is 34.9. The molecule has 1 N–H and O–H groups in total. The molecule has 0 aromatic carbocycles. The van der Waals surface area contributed by atoms with Crippen LogP contribution < -0.4 is 5.32 Å². The van der Waals surface area contributed by atoms with Gasteiger partial charge in [-0.3, -0.25) is 0 Å². The van der Waals surface area contributed by atoms with Gasteiger partial charge in [-0.2, -0.15) is 13.2 Å². The molecule has 5 heteroatoms. The van der Waals surface area contributed by atoms with Gasteiger partial charge in [-0.05, 0) is 44.4 Å². The Morgan fingerprint density at radius 1 is 1.00 bits per heavy atom. The highest BCUT2D eigenvalue weighted by molar-refractivity contribution is 4.85. The molecule has 2 fully saturated rings. The highest BCUT2D eigenvalue weighted by Gasteiger charge is 2.32. The third-order valence-corrected chi connectivity index (χ3v) is 4.94. The number of rotatable bonds is 5. The molecule has 0 heterocycles. The molecule has 0 spiro atoms. The average Bonchev–Trinajstić information content (AvgIpc) is 2.45. The van der Waals surface area contributed by atoms with Crippen LogP contribution in [0.25, 0.3) is 0 Å². The van der Waals surface area contributed by atoms with E-state index in [0.717, 1.165) is 31.6 Å². The molecular weight excluding hydrogens is 279 g/mol. The molecule has 2 aliphatic rings. The first kappa shape index (κ1) is 17.1. The van der Waals surface area contributed by atoms with Gasteiger partial charge in [0.1, 0.15) is 6.61 Å². The minimum atomic E-state index is -4.21. The van der Waals surface area contributed by atoms with Crippen molar-refractivity contribution in [3.05, 3.63) is 0 Å². The fourth-order valence-electron chi connectivity index (χ4n) is 3.81. The number of nitrogens with one attached hydrogen (secondary N) is 1. The third kappa shape index (κ3) is 6.15. The Morgan fingerprint density at radius 2 is 1.67 bits per heavy atom. The summed E-state index contributed by atoms with van der Waals surface area (Å²) in [4.78, 5) is 0. The fraction of sp³-hybridized carbons (Fsp3) is 1.00. The Balaban J connectivity index is 1.73. The molecule has 2 aliphatic carbocycles. The number of halogens is 3. The first-order valence-corrected chi connectivity index (χ1v) is 8.40. The Morgan fingerprint density at radius 3 is 2.33 bits per heavy atom. The van der Waals surface area contributed by atoms with E-state index in [1.54, 1.807) is 0 Å². The number of hydrogen-bond acceptors (Lipinski definition) is 2. The Bertz CT molecular complexity index is 308. The Hall–Kier alpha value is -0.290. The highest BCUT2D eigenvalue weighted by Crippen LogP contribution is 2.29. The molecule has 0 aromatic rings. The largest absolute Gasteiger partial charge is 0.411 e. The summed E-state index contributed by atoms with van der Waals surface area (Å²) in [6, 6.07) is 0.882. The van der Waals surface area contributed by atoms with E-state index < -0.39 is 12.8 Å². The van der Waals surface area contributed by atoms with Gasteiger partial charge < -0.3 is 10.1 Å². The van der Waals surface area contributed by atoms with Gasteiger partial charge in [0, 0.05) is 12.1 Å². The van der Waals surface area contributed by atoms with Crippen molar-refractivity contribution in [3.63, 3.8) is 0 Å². The zero-order valence-corrected chi connectivity index (χ0v) is 12.9. The molecule has 0 amide bonds. The third-order valence-electron chi connectivity index (χ3n) is 4.94. The fourth-order valence-corrected chi connectivity index (χ4v) is 3.81. The molecule has 0 aromatic heterocycles. The molecule has 0 aliphatic heterocycles. The topological polar surface area (TPSA) is 21.3 Å². The van der Waals surface area contributed by atoms with Crippen LogP contribution in [0.1, 0.15) is 64.7 Å². The van der Waals surface area contributed by atoms with Gasteiger partial charge in [0.25, 0.3) is 0 Å². The van der Waals surface area contributed by atoms with Gasteiger partial charge in [0.2, 0.25) is 0 Å². The van der Waals surface area contributed by atoms with E-state index in [1.807, 2.05) is 0 Å². The van der Waals surface area contributed by atoms with Gasteiger partial charge in [0.15, 0.2) is 0 Å². The summed E-state index contributed by atoms with van der Waals surface area (Å²) >= 11 is 0. The lowest BCUT2D eigenvalue weighted by atomic mass is 9.83.